The van der Waals surface area contributed by atoms with Crippen LogP contribution in [0.15, 0.2) is 102 Å². The zero-order valence-electron chi connectivity index (χ0n) is 17.8. The summed E-state index contributed by atoms with van der Waals surface area (Å²) < 4.78 is 3.41. The molecule has 2 heterocycles. The van der Waals surface area contributed by atoms with Crippen molar-refractivity contribution in [2.24, 2.45) is 0 Å². The van der Waals surface area contributed by atoms with E-state index in [-0.39, 0.29) is 17.8 Å². The van der Waals surface area contributed by atoms with Gasteiger partial charge < -0.3 is 5.32 Å². The van der Waals surface area contributed by atoms with E-state index < -0.39 is 0 Å². The molecule has 5 aromatic rings. The minimum atomic E-state index is -0.170. The van der Waals surface area contributed by atoms with Gasteiger partial charge in [-0.25, -0.2) is 4.68 Å². The molecule has 0 saturated heterocycles. The monoisotopic (exact) mass is 435 g/mol. The fourth-order valence-electron chi connectivity index (χ4n) is 3.74. The minimum Gasteiger partial charge on any atom is -0.311 e. The number of amides is 1. The Bertz CT molecular complexity index is 1470. The van der Waals surface area contributed by atoms with E-state index in [0.29, 0.717) is 23.3 Å². The van der Waals surface area contributed by atoms with Crippen LogP contribution in [0.3, 0.4) is 0 Å². The minimum absolute atomic E-state index is 0.133. The summed E-state index contributed by atoms with van der Waals surface area (Å²) in [6.45, 7) is 0.345. The lowest BCUT2D eigenvalue weighted by molar-refractivity contribution is -0.116. The predicted molar refractivity (Wildman–Crippen MR) is 128 cm³/mol. The fraction of sp³-hybridized carbons (Fsp3) is 0.0769. The van der Waals surface area contributed by atoms with Crippen LogP contribution < -0.4 is 10.7 Å². The smallest absolute Gasteiger partial charge is 0.227 e. The van der Waals surface area contributed by atoms with E-state index in [4.69, 9.17) is 5.10 Å². The summed E-state index contributed by atoms with van der Waals surface area (Å²) in [6.07, 6.45) is 1.48. The highest BCUT2D eigenvalue weighted by Crippen LogP contribution is 2.25. The van der Waals surface area contributed by atoms with Gasteiger partial charge in [0, 0.05) is 23.4 Å². The van der Waals surface area contributed by atoms with Crippen LogP contribution in [0, 0.1) is 0 Å². The molecule has 0 fully saturated rings. The first-order valence-corrected chi connectivity index (χ1v) is 10.6. The van der Waals surface area contributed by atoms with Crippen molar-refractivity contribution in [2.45, 2.75) is 13.0 Å². The standard InChI is InChI=1S/C26H21N5O2/c32-24-18-27-30(23-14-8-7-13-21(23)24)16-15-26(33)28-25-17-22(19-9-3-1-4-10-19)29-31(25)20-11-5-2-6-12-20/h1-14,17-18H,15-16H2,(H,28,33). The summed E-state index contributed by atoms with van der Waals surface area (Å²) in [4.78, 5) is 24.9. The average molecular weight is 435 g/mol. The molecule has 162 valence electrons. The fourth-order valence-corrected chi connectivity index (χ4v) is 3.74. The van der Waals surface area contributed by atoms with Crippen molar-refractivity contribution in [3.05, 3.63) is 107 Å². The van der Waals surface area contributed by atoms with E-state index in [1.165, 1.54) is 6.20 Å². The normalized spacial score (nSPS) is 10.9. The molecule has 0 radical (unpaired) electrons. The second kappa shape index (κ2) is 8.92. The summed E-state index contributed by atoms with van der Waals surface area (Å²) in [5.74, 6) is 0.416. The van der Waals surface area contributed by atoms with Gasteiger partial charge in [0.05, 0.1) is 29.6 Å². The summed E-state index contributed by atoms with van der Waals surface area (Å²) in [7, 11) is 0. The third kappa shape index (κ3) is 4.29. The number of hydrogen-bond donors (Lipinski definition) is 1. The molecule has 0 bridgehead atoms. The number of nitrogens with one attached hydrogen (secondary N) is 1. The van der Waals surface area contributed by atoms with Gasteiger partial charge in [-0.3, -0.25) is 14.3 Å². The summed E-state index contributed by atoms with van der Waals surface area (Å²) in [5, 5.41) is 12.5. The molecule has 3 aromatic carbocycles. The Morgan fingerprint density at radius 2 is 1.58 bits per heavy atom. The van der Waals surface area contributed by atoms with E-state index in [2.05, 4.69) is 10.4 Å². The second-order valence-electron chi connectivity index (χ2n) is 7.58. The zero-order chi connectivity index (χ0) is 22.6. The Labute approximate surface area is 189 Å². The Balaban J connectivity index is 1.40. The van der Waals surface area contributed by atoms with Gasteiger partial charge in [-0.05, 0) is 24.3 Å². The largest absolute Gasteiger partial charge is 0.311 e. The number of benzene rings is 3. The van der Waals surface area contributed by atoms with Crippen LogP contribution in [-0.4, -0.2) is 25.5 Å². The maximum Gasteiger partial charge on any atom is 0.227 e. The Hall–Kier alpha value is -4.52. The van der Waals surface area contributed by atoms with Gasteiger partial charge in [0.2, 0.25) is 11.3 Å². The van der Waals surface area contributed by atoms with E-state index in [0.717, 1.165) is 16.9 Å². The van der Waals surface area contributed by atoms with Crippen molar-refractivity contribution < 1.29 is 4.79 Å². The van der Waals surface area contributed by atoms with Crippen molar-refractivity contribution in [3.8, 4) is 16.9 Å². The molecular weight excluding hydrogens is 414 g/mol. The van der Waals surface area contributed by atoms with Crippen molar-refractivity contribution >= 4 is 22.6 Å². The molecule has 0 aliphatic carbocycles. The van der Waals surface area contributed by atoms with Crippen LogP contribution in [-0.2, 0) is 11.3 Å². The first kappa shape index (κ1) is 20.4. The number of fused-ring (bicyclic) bond motifs is 1. The highest BCUT2D eigenvalue weighted by atomic mass is 16.1. The molecule has 1 amide bonds. The van der Waals surface area contributed by atoms with E-state index >= 15 is 0 Å². The molecule has 7 heteroatoms. The van der Waals surface area contributed by atoms with Gasteiger partial charge >= 0.3 is 0 Å². The van der Waals surface area contributed by atoms with Crippen molar-refractivity contribution in [1.29, 1.82) is 0 Å². The van der Waals surface area contributed by atoms with Gasteiger partial charge in [0.1, 0.15) is 5.82 Å². The number of aryl methyl sites for hydroxylation is 1. The maximum atomic E-state index is 12.9. The molecular formula is C26H21N5O2. The Kier molecular flexibility index (Phi) is 5.51. The molecule has 0 unspecified atom stereocenters. The van der Waals surface area contributed by atoms with E-state index in [1.807, 2.05) is 84.9 Å². The van der Waals surface area contributed by atoms with Crippen LogP contribution in [0.25, 0.3) is 27.8 Å². The van der Waals surface area contributed by atoms with Crippen LogP contribution >= 0.6 is 0 Å². The first-order chi connectivity index (χ1) is 16.2. The number of carbonyl (C=O) groups excluding carboxylic acids is 1. The third-order valence-corrected chi connectivity index (χ3v) is 5.36. The van der Waals surface area contributed by atoms with Gasteiger partial charge in [-0.2, -0.15) is 10.2 Å². The number of hydrogen-bond acceptors (Lipinski definition) is 4. The quantitative estimate of drug-likeness (QED) is 0.432. The van der Waals surface area contributed by atoms with Crippen molar-refractivity contribution in [1.82, 2.24) is 19.6 Å². The number of carbonyl (C=O) groups is 1. The van der Waals surface area contributed by atoms with Crippen LogP contribution in [0.1, 0.15) is 6.42 Å². The van der Waals surface area contributed by atoms with Gasteiger partial charge in [0.15, 0.2) is 0 Å². The van der Waals surface area contributed by atoms with Crippen LogP contribution in [0.2, 0.25) is 0 Å². The average Bonchev–Trinajstić information content (AvgIpc) is 3.28. The molecule has 5 rings (SSSR count). The number of aromatic nitrogens is 4. The SMILES string of the molecule is O=C(CCn1ncc(=O)c2ccccc21)Nc1cc(-c2ccccc2)nn1-c1ccccc1. The number of anilines is 1. The van der Waals surface area contributed by atoms with Crippen molar-refractivity contribution in [3.63, 3.8) is 0 Å². The van der Waals surface area contributed by atoms with Crippen molar-refractivity contribution in [2.75, 3.05) is 5.32 Å². The molecule has 33 heavy (non-hydrogen) atoms. The third-order valence-electron chi connectivity index (χ3n) is 5.36. The first-order valence-electron chi connectivity index (χ1n) is 10.6. The lowest BCUT2D eigenvalue weighted by atomic mass is 10.1. The number of para-hydroxylation sites is 2. The molecule has 0 aliphatic rings. The molecule has 0 atom stereocenters. The Morgan fingerprint density at radius 3 is 2.36 bits per heavy atom. The molecule has 0 spiro atoms. The van der Waals surface area contributed by atoms with Crippen LogP contribution in [0.5, 0.6) is 0 Å². The van der Waals surface area contributed by atoms with E-state index in [1.54, 1.807) is 15.4 Å². The molecule has 0 aliphatic heterocycles. The zero-order valence-corrected chi connectivity index (χ0v) is 17.8. The Morgan fingerprint density at radius 1 is 0.879 bits per heavy atom. The number of rotatable bonds is 6. The van der Waals surface area contributed by atoms with Crippen LogP contribution in [0.4, 0.5) is 5.82 Å². The highest BCUT2D eigenvalue weighted by molar-refractivity contribution is 5.91. The lowest BCUT2D eigenvalue weighted by Gasteiger charge is -2.11. The predicted octanol–water partition coefficient (Wildman–Crippen LogP) is 4.28. The molecule has 2 aromatic heterocycles. The lowest BCUT2D eigenvalue weighted by Crippen LogP contribution is -2.19. The molecule has 0 saturated carbocycles. The van der Waals surface area contributed by atoms with Gasteiger partial charge in [-0.1, -0.05) is 60.7 Å². The van der Waals surface area contributed by atoms with Gasteiger partial charge in [0.25, 0.3) is 0 Å². The van der Waals surface area contributed by atoms with E-state index in [9.17, 15) is 9.59 Å². The number of nitrogens with zero attached hydrogens (tertiary/aromatic N) is 4. The topological polar surface area (TPSA) is 81.8 Å². The second-order valence-corrected chi connectivity index (χ2v) is 7.58. The van der Waals surface area contributed by atoms with Gasteiger partial charge in [-0.15, -0.1) is 0 Å². The molecule has 7 nitrogen and oxygen atoms in total. The summed E-state index contributed by atoms with van der Waals surface area (Å²) in [5.41, 5.74) is 3.16. The highest BCUT2D eigenvalue weighted by Gasteiger charge is 2.14. The summed E-state index contributed by atoms with van der Waals surface area (Å²) in [6, 6.07) is 28.6. The summed E-state index contributed by atoms with van der Waals surface area (Å²) >= 11 is 0. The molecule has 1 N–H and O–H groups in total. The maximum absolute atomic E-state index is 12.9.